The standard InChI is InChI=1S/C14H19NO2/c1-10-2-3-13(15)12(8-10)14(16)9-11-4-6-17-7-5-11/h2-3,8,11H,4-7,9,15H2,1H3. The SMILES string of the molecule is Cc1ccc(N)c(C(=O)CC2CCOCC2)c1. The Morgan fingerprint density at radius 1 is 1.41 bits per heavy atom. The monoisotopic (exact) mass is 233 g/mol. The van der Waals surface area contributed by atoms with Crippen LogP contribution in [0.15, 0.2) is 18.2 Å². The second kappa shape index (κ2) is 5.32. The van der Waals surface area contributed by atoms with E-state index in [1.807, 2.05) is 25.1 Å². The summed E-state index contributed by atoms with van der Waals surface area (Å²) in [6.45, 7) is 3.53. The van der Waals surface area contributed by atoms with Crippen LogP contribution in [0.3, 0.4) is 0 Å². The van der Waals surface area contributed by atoms with Crippen molar-refractivity contribution in [3.8, 4) is 0 Å². The molecule has 0 spiro atoms. The Hall–Kier alpha value is -1.35. The first-order chi connectivity index (χ1) is 8.16. The summed E-state index contributed by atoms with van der Waals surface area (Å²) in [5.41, 5.74) is 8.20. The zero-order chi connectivity index (χ0) is 12.3. The number of ether oxygens (including phenoxy) is 1. The number of ketones is 1. The highest BCUT2D eigenvalue weighted by molar-refractivity contribution is 6.01. The summed E-state index contributed by atoms with van der Waals surface area (Å²) in [7, 11) is 0. The first-order valence-electron chi connectivity index (χ1n) is 6.14. The molecule has 2 rings (SSSR count). The number of nitrogens with two attached hydrogens (primary N) is 1. The topological polar surface area (TPSA) is 52.3 Å². The van der Waals surface area contributed by atoms with E-state index in [4.69, 9.17) is 10.5 Å². The van der Waals surface area contributed by atoms with Crippen LogP contribution >= 0.6 is 0 Å². The van der Waals surface area contributed by atoms with Crippen molar-refractivity contribution in [2.45, 2.75) is 26.2 Å². The third-order valence-corrected chi connectivity index (χ3v) is 3.32. The summed E-state index contributed by atoms with van der Waals surface area (Å²) in [6.07, 6.45) is 2.56. The van der Waals surface area contributed by atoms with Crippen molar-refractivity contribution in [1.29, 1.82) is 0 Å². The van der Waals surface area contributed by atoms with E-state index in [2.05, 4.69) is 0 Å². The number of nitrogen functional groups attached to an aromatic ring is 1. The van der Waals surface area contributed by atoms with E-state index in [-0.39, 0.29) is 5.78 Å². The predicted octanol–water partition coefficient (Wildman–Crippen LogP) is 2.58. The maximum atomic E-state index is 12.2. The third-order valence-electron chi connectivity index (χ3n) is 3.32. The molecule has 1 fully saturated rings. The molecule has 0 unspecified atom stereocenters. The first kappa shape index (κ1) is 12.1. The molecule has 0 radical (unpaired) electrons. The summed E-state index contributed by atoms with van der Waals surface area (Å²) < 4.78 is 5.29. The van der Waals surface area contributed by atoms with Crippen molar-refractivity contribution in [1.82, 2.24) is 0 Å². The molecule has 3 heteroatoms. The number of hydrogen-bond donors (Lipinski definition) is 1. The molecule has 0 amide bonds. The highest BCUT2D eigenvalue weighted by Gasteiger charge is 2.19. The van der Waals surface area contributed by atoms with Gasteiger partial charge in [-0.1, -0.05) is 11.6 Å². The van der Waals surface area contributed by atoms with Gasteiger partial charge in [0.05, 0.1) is 0 Å². The van der Waals surface area contributed by atoms with Gasteiger partial charge < -0.3 is 10.5 Å². The lowest BCUT2D eigenvalue weighted by Gasteiger charge is -2.21. The Bertz CT molecular complexity index is 409. The molecule has 1 aromatic rings. The minimum atomic E-state index is 0.165. The Labute approximate surface area is 102 Å². The van der Waals surface area contributed by atoms with Crippen LogP contribution in [0, 0.1) is 12.8 Å². The normalized spacial score (nSPS) is 17.0. The molecule has 17 heavy (non-hydrogen) atoms. The van der Waals surface area contributed by atoms with Crippen molar-refractivity contribution >= 4 is 11.5 Å². The molecule has 0 aliphatic carbocycles. The fraction of sp³-hybridized carbons (Fsp3) is 0.500. The lowest BCUT2D eigenvalue weighted by molar-refractivity contribution is 0.0601. The second-order valence-corrected chi connectivity index (χ2v) is 4.77. The van der Waals surface area contributed by atoms with Gasteiger partial charge in [-0.25, -0.2) is 0 Å². The van der Waals surface area contributed by atoms with Crippen LogP contribution < -0.4 is 5.73 Å². The first-order valence-corrected chi connectivity index (χ1v) is 6.14. The van der Waals surface area contributed by atoms with E-state index in [0.29, 0.717) is 23.6 Å². The average molecular weight is 233 g/mol. The molecule has 92 valence electrons. The van der Waals surface area contributed by atoms with Gasteiger partial charge in [0.1, 0.15) is 0 Å². The molecular formula is C14H19NO2. The molecule has 0 atom stereocenters. The summed E-state index contributed by atoms with van der Waals surface area (Å²) in [5, 5.41) is 0. The summed E-state index contributed by atoms with van der Waals surface area (Å²) in [5.74, 6) is 0.620. The van der Waals surface area contributed by atoms with Gasteiger partial charge in [0.15, 0.2) is 5.78 Å². The van der Waals surface area contributed by atoms with Crippen LogP contribution in [-0.4, -0.2) is 19.0 Å². The molecule has 0 bridgehead atoms. The van der Waals surface area contributed by atoms with Crippen LogP contribution in [0.5, 0.6) is 0 Å². The van der Waals surface area contributed by atoms with Crippen LogP contribution in [0.1, 0.15) is 35.2 Å². The summed E-state index contributed by atoms with van der Waals surface area (Å²) in [4.78, 5) is 12.2. The zero-order valence-corrected chi connectivity index (χ0v) is 10.2. The fourth-order valence-corrected chi connectivity index (χ4v) is 2.23. The molecule has 0 saturated carbocycles. The van der Waals surface area contributed by atoms with Crippen molar-refractivity contribution in [3.05, 3.63) is 29.3 Å². The highest BCUT2D eigenvalue weighted by Crippen LogP contribution is 2.23. The third kappa shape index (κ3) is 3.07. The van der Waals surface area contributed by atoms with Crippen molar-refractivity contribution in [2.24, 2.45) is 5.92 Å². The second-order valence-electron chi connectivity index (χ2n) is 4.77. The molecule has 1 heterocycles. The summed E-state index contributed by atoms with van der Waals surface area (Å²) >= 11 is 0. The molecular weight excluding hydrogens is 214 g/mol. The number of Topliss-reactive ketones (excluding diaryl/α,β-unsaturated/α-hetero) is 1. The lowest BCUT2D eigenvalue weighted by atomic mass is 9.91. The Balaban J connectivity index is 2.05. The van der Waals surface area contributed by atoms with E-state index in [9.17, 15) is 4.79 Å². The number of anilines is 1. The molecule has 1 saturated heterocycles. The Kier molecular flexibility index (Phi) is 3.79. The lowest BCUT2D eigenvalue weighted by Crippen LogP contribution is -2.19. The van der Waals surface area contributed by atoms with Gasteiger partial charge in [0, 0.05) is 30.9 Å². The number of carbonyl (C=O) groups excluding carboxylic acids is 1. The van der Waals surface area contributed by atoms with Gasteiger partial charge in [0.25, 0.3) is 0 Å². The Morgan fingerprint density at radius 2 is 2.12 bits per heavy atom. The minimum absolute atomic E-state index is 0.165. The maximum absolute atomic E-state index is 12.2. The van der Waals surface area contributed by atoms with Crippen LogP contribution in [-0.2, 0) is 4.74 Å². The number of aryl methyl sites for hydroxylation is 1. The quantitative estimate of drug-likeness (QED) is 0.645. The average Bonchev–Trinajstić information content (AvgIpc) is 2.33. The maximum Gasteiger partial charge on any atom is 0.165 e. The van der Waals surface area contributed by atoms with Crippen molar-refractivity contribution < 1.29 is 9.53 Å². The van der Waals surface area contributed by atoms with Gasteiger partial charge >= 0.3 is 0 Å². The van der Waals surface area contributed by atoms with E-state index in [1.165, 1.54) is 0 Å². The van der Waals surface area contributed by atoms with Crippen LogP contribution in [0.25, 0.3) is 0 Å². The van der Waals surface area contributed by atoms with Crippen molar-refractivity contribution in [3.63, 3.8) is 0 Å². The number of benzene rings is 1. The van der Waals surface area contributed by atoms with Crippen LogP contribution in [0.2, 0.25) is 0 Å². The van der Waals surface area contributed by atoms with E-state index in [0.717, 1.165) is 31.6 Å². The van der Waals surface area contributed by atoms with E-state index < -0.39 is 0 Å². The minimum Gasteiger partial charge on any atom is -0.398 e. The fourth-order valence-electron chi connectivity index (χ4n) is 2.23. The highest BCUT2D eigenvalue weighted by atomic mass is 16.5. The van der Waals surface area contributed by atoms with Crippen molar-refractivity contribution in [2.75, 3.05) is 18.9 Å². The number of hydrogen-bond acceptors (Lipinski definition) is 3. The predicted molar refractivity (Wildman–Crippen MR) is 68.1 cm³/mol. The molecule has 1 aliphatic heterocycles. The molecule has 0 aromatic heterocycles. The van der Waals surface area contributed by atoms with E-state index >= 15 is 0 Å². The Morgan fingerprint density at radius 3 is 2.82 bits per heavy atom. The van der Waals surface area contributed by atoms with E-state index in [1.54, 1.807) is 0 Å². The van der Waals surface area contributed by atoms with Gasteiger partial charge in [0.2, 0.25) is 0 Å². The molecule has 2 N–H and O–H groups in total. The van der Waals surface area contributed by atoms with Gasteiger partial charge in [-0.05, 0) is 37.8 Å². The largest absolute Gasteiger partial charge is 0.398 e. The van der Waals surface area contributed by atoms with Gasteiger partial charge in [-0.2, -0.15) is 0 Å². The molecule has 1 aromatic carbocycles. The van der Waals surface area contributed by atoms with Gasteiger partial charge in [-0.3, -0.25) is 4.79 Å². The molecule has 3 nitrogen and oxygen atoms in total. The van der Waals surface area contributed by atoms with Gasteiger partial charge in [-0.15, -0.1) is 0 Å². The summed E-state index contributed by atoms with van der Waals surface area (Å²) in [6, 6.07) is 5.63. The zero-order valence-electron chi connectivity index (χ0n) is 10.2. The smallest absolute Gasteiger partial charge is 0.165 e. The number of rotatable bonds is 3. The molecule has 1 aliphatic rings. The number of carbonyl (C=O) groups is 1. The van der Waals surface area contributed by atoms with Crippen LogP contribution in [0.4, 0.5) is 5.69 Å².